The van der Waals surface area contributed by atoms with E-state index in [-0.39, 0.29) is 0 Å². The summed E-state index contributed by atoms with van der Waals surface area (Å²) in [6, 6.07) is 0. The monoisotopic (exact) mass is 201 g/mol. The summed E-state index contributed by atoms with van der Waals surface area (Å²) in [5.41, 5.74) is -0.402. The maximum atomic E-state index is 10.0. The molecule has 2 N–H and O–H groups in total. The number of rotatable bonds is 7. The van der Waals surface area contributed by atoms with Crippen molar-refractivity contribution in [3.05, 3.63) is 0 Å². The molecule has 14 heavy (non-hydrogen) atoms. The van der Waals surface area contributed by atoms with Crippen LogP contribution in [0.2, 0.25) is 0 Å². The molecule has 1 rings (SSSR count). The van der Waals surface area contributed by atoms with E-state index in [2.05, 4.69) is 5.32 Å². The molecule has 0 unspecified atom stereocenters. The zero-order valence-corrected chi connectivity index (χ0v) is 9.22. The molecule has 0 aliphatic heterocycles. The van der Waals surface area contributed by atoms with Crippen molar-refractivity contribution in [3.63, 3.8) is 0 Å². The van der Waals surface area contributed by atoms with Crippen LogP contribution in [0.25, 0.3) is 0 Å². The van der Waals surface area contributed by atoms with Crippen molar-refractivity contribution in [2.24, 2.45) is 0 Å². The van der Waals surface area contributed by atoms with E-state index in [0.29, 0.717) is 0 Å². The molecule has 1 fully saturated rings. The standard InChI is InChI=1S/C11H23NO2/c1-14-9-5-4-8-12-10-11(13)6-2-3-7-11/h12-13H,2-10H2,1H3. The lowest BCUT2D eigenvalue weighted by atomic mass is 10.0. The first-order chi connectivity index (χ1) is 6.77. The quantitative estimate of drug-likeness (QED) is 0.610. The van der Waals surface area contributed by atoms with Gasteiger partial charge >= 0.3 is 0 Å². The van der Waals surface area contributed by atoms with Crippen molar-refractivity contribution in [3.8, 4) is 0 Å². The molecule has 0 heterocycles. The smallest absolute Gasteiger partial charge is 0.0771 e. The predicted molar refractivity (Wildman–Crippen MR) is 57.4 cm³/mol. The van der Waals surface area contributed by atoms with Crippen LogP contribution in [0.3, 0.4) is 0 Å². The lowest BCUT2D eigenvalue weighted by Crippen LogP contribution is -2.38. The second-order valence-electron chi connectivity index (χ2n) is 4.31. The second-order valence-corrected chi connectivity index (χ2v) is 4.31. The van der Waals surface area contributed by atoms with Crippen molar-refractivity contribution >= 4 is 0 Å². The van der Waals surface area contributed by atoms with Gasteiger partial charge in [0.25, 0.3) is 0 Å². The zero-order chi connectivity index (χ0) is 10.3. The van der Waals surface area contributed by atoms with Crippen LogP contribution in [-0.4, -0.2) is 37.5 Å². The highest BCUT2D eigenvalue weighted by atomic mass is 16.5. The summed E-state index contributed by atoms with van der Waals surface area (Å²) in [6.45, 7) is 2.59. The van der Waals surface area contributed by atoms with Crippen LogP contribution in [0, 0.1) is 0 Å². The molecule has 0 radical (unpaired) electrons. The van der Waals surface area contributed by atoms with E-state index in [0.717, 1.165) is 45.4 Å². The van der Waals surface area contributed by atoms with E-state index >= 15 is 0 Å². The molecule has 0 atom stereocenters. The lowest BCUT2D eigenvalue weighted by Gasteiger charge is -2.22. The molecule has 1 aliphatic carbocycles. The van der Waals surface area contributed by atoms with E-state index in [4.69, 9.17) is 4.74 Å². The molecule has 0 amide bonds. The van der Waals surface area contributed by atoms with Crippen LogP contribution in [0.1, 0.15) is 38.5 Å². The summed E-state index contributed by atoms with van der Waals surface area (Å²) < 4.78 is 4.96. The molecule has 0 bridgehead atoms. The van der Waals surface area contributed by atoms with Gasteiger partial charge < -0.3 is 15.2 Å². The van der Waals surface area contributed by atoms with Crippen LogP contribution in [0.15, 0.2) is 0 Å². The molecule has 0 aromatic carbocycles. The van der Waals surface area contributed by atoms with Crippen molar-refractivity contribution in [2.75, 3.05) is 26.8 Å². The van der Waals surface area contributed by atoms with Crippen LogP contribution in [-0.2, 0) is 4.74 Å². The maximum absolute atomic E-state index is 10.0. The average Bonchev–Trinajstić information content (AvgIpc) is 2.59. The third-order valence-electron chi connectivity index (χ3n) is 2.94. The molecular weight excluding hydrogens is 178 g/mol. The van der Waals surface area contributed by atoms with Gasteiger partial charge in [-0.2, -0.15) is 0 Å². The van der Waals surface area contributed by atoms with Crippen molar-refractivity contribution in [1.29, 1.82) is 0 Å². The van der Waals surface area contributed by atoms with Crippen molar-refractivity contribution < 1.29 is 9.84 Å². The minimum Gasteiger partial charge on any atom is -0.389 e. The summed E-state index contributed by atoms with van der Waals surface area (Å²) in [5.74, 6) is 0. The molecule has 84 valence electrons. The van der Waals surface area contributed by atoms with Gasteiger partial charge in [-0.3, -0.25) is 0 Å². The summed E-state index contributed by atoms with van der Waals surface area (Å²) >= 11 is 0. The Balaban J connectivity index is 1.92. The van der Waals surface area contributed by atoms with Crippen LogP contribution in [0.5, 0.6) is 0 Å². The van der Waals surface area contributed by atoms with Gasteiger partial charge in [0.05, 0.1) is 5.60 Å². The minimum absolute atomic E-state index is 0.402. The van der Waals surface area contributed by atoms with Gasteiger partial charge in [-0.1, -0.05) is 12.8 Å². The molecule has 0 aromatic rings. The predicted octanol–water partition coefficient (Wildman–Crippen LogP) is 1.31. The average molecular weight is 201 g/mol. The SMILES string of the molecule is COCCCCNCC1(O)CCCC1. The first kappa shape index (κ1) is 12.0. The third-order valence-corrected chi connectivity index (χ3v) is 2.94. The fourth-order valence-electron chi connectivity index (χ4n) is 2.03. The summed E-state index contributed by atoms with van der Waals surface area (Å²) in [7, 11) is 1.73. The highest BCUT2D eigenvalue weighted by Crippen LogP contribution is 2.28. The first-order valence-corrected chi connectivity index (χ1v) is 5.69. The van der Waals surface area contributed by atoms with E-state index in [1.807, 2.05) is 0 Å². The Kier molecular flexibility index (Phi) is 5.45. The normalized spacial score (nSPS) is 20.1. The van der Waals surface area contributed by atoms with Gasteiger partial charge in [0.2, 0.25) is 0 Å². The molecule has 0 spiro atoms. The summed E-state index contributed by atoms with van der Waals surface area (Å²) in [5, 5.41) is 13.3. The molecule has 3 heteroatoms. The third kappa shape index (κ3) is 4.40. The van der Waals surface area contributed by atoms with Gasteiger partial charge in [-0.15, -0.1) is 0 Å². The minimum atomic E-state index is -0.402. The Morgan fingerprint density at radius 2 is 2.00 bits per heavy atom. The Labute approximate surface area is 86.8 Å². The highest BCUT2D eigenvalue weighted by molar-refractivity contribution is 4.85. The van der Waals surface area contributed by atoms with E-state index in [1.54, 1.807) is 7.11 Å². The van der Waals surface area contributed by atoms with E-state index < -0.39 is 5.60 Å². The number of hydrogen-bond acceptors (Lipinski definition) is 3. The van der Waals surface area contributed by atoms with Crippen LogP contribution in [0.4, 0.5) is 0 Å². The van der Waals surface area contributed by atoms with Gasteiger partial charge in [-0.05, 0) is 32.2 Å². The van der Waals surface area contributed by atoms with Gasteiger partial charge in [0.1, 0.15) is 0 Å². The highest BCUT2D eigenvalue weighted by Gasteiger charge is 2.30. The van der Waals surface area contributed by atoms with E-state index in [9.17, 15) is 5.11 Å². The molecule has 3 nitrogen and oxygen atoms in total. The number of unbranched alkanes of at least 4 members (excludes halogenated alkanes) is 1. The molecule has 1 saturated carbocycles. The number of methoxy groups -OCH3 is 1. The molecule has 0 aromatic heterocycles. The maximum Gasteiger partial charge on any atom is 0.0771 e. The topological polar surface area (TPSA) is 41.5 Å². The number of hydrogen-bond donors (Lipinski definition) is 2. The molecule has 0 saturated heterocycles. The first-order valence-electron chi connectivity index (χ1n) is 5.69. The van der Waals surface area contributed by atoms with E-state index in [1.165, 1.54) is 12.8 Å². The van der Waals surface area contributed by atoms with Gasteiger partial charge in [-0.25, -0.2) is 0 Å². The summed E-state index contributed by atoms with van der Waals surface area (Å²) in [6.07, 6.45) is 6.53. The Morgan fingerprint density at radius 3 is 2.64 bits per heavy atom. The Morgan fingerprint density at radius 1 is 1.29 bits per heavy atom. The molecular formula is C11H23NO2. The van der Waals surface area contributed by atoms with Crippen LogP contribution >= 0.6 is 0 Å². The lowest BCUT2D eigenvalue weighted by molar-refractivity contribution is 0.0477. The molecule has 1 aliphatic rings. The number of nitrogens with one attached hydrogen (secondary N) is 1. The number of ether oxygens (including phenoxy) is 1. The fraction of sp³-hybridized carbons (Fsp3) is 1.00. The van der Waals surface area contributed by atoms with Crippen LogP contribution < -0.4 is 5.32 Å². The zero-order valence-electron chi connectivity index (χ0n) is 9.22. The summed E-state index contributed by atoms with van der Waals surface area (Å²) in [4.78, 5) is 0. The Bertz CT molecular complexity index is 144. The second kappa shape index (κ2) is 6.38. The van der Waals surface area contributed by atoms with Crippen molar-refractivity contribution in [1.82, 2.24) is 5.32 Å². The largest absolute Gasteiger partial charge is 0.389 e. The van der Waals surface area contributed by atoms with Gasteiger partial charge in [0.15, 0.2) is 0 Å². The fourth-order valence-corrected chi connectivity index (χ4v) is 2.03. The van der Waals surface area contributed by atoms with Crippen molar-refractivity contribution in [2.45, 2.75) is 44.1 Å². The Hall–Kier alpha value is -0.120. The number of aliphatic hydroxyl groups is 1. The van der Waals surface area contributed by atoms with Gasteiger partial charge in [0, 0.05) is 20.3 Å².